The van der Waals surface area contributed by atoms with Crippen molar-refractivity contribution in [3.8, 4) is 11.4 Å². The first-order chi connectivity index (χ1) is 23.4. The Morgan fingerprint density at radius 2 is 1.15 bits per heavy atom. The summed E-state index contributed by atoms with van der Waals surface area (Å²) >= 11 is 0. The Bertz CT molecular complexity index is 2290. The molecule has 0 aliphatic carbocycles. The van der Waals surface area contributed by atoms with E-state index >= 15 is 0 Å². The van der Waals surface area contributed by atoms with Crippen LogP contribution >= 0.6 is 0 Å². The minimum absolute atomic E-state index is 0. The van der Waals surface area contributed by atoms with Gasteiger partial charge in [-0.3, -0.25) is 9.13 Å². The maximum Gasteiger partial charge on any atom is 1.00 e. The Morgan fingerprint density at radius 3 is 1.56 bits per heavy atom. The molecule has 0 saturated heterocycles. The number of ether oxygens (including phenoxy) is 1. The van der Waals surface area contributed by atoms with Gasteiger partial charge in [0.15, 0.2) is 23.3 Å². The van der Waals surface area contributed by atoms with Gasteiger partial charge in [0.05, 0.1) is 41.7 Å². The van der Waals surface area contributed by atoms with E-state index in [1.54, 1.807) is 0 Å². The number of hydrogen-bond donors (Lipinski definition) is 1. The van der Waals surface area contributed by atoms with E-state index in [1.165, 1.54) is 50.2 Å². The Kier molecular flexibility index (Phi) is 12.4. The third kappa shape index (κ3) is 7.41. The summed E-state index contributed by atoms with van der Waals surface area (Å²) in [6.45, 7) is 2.47. The minimum Gasteiger partial charge on any atom is -1.00 e. The van der Waals surface area contributed by atoms with Crippen LogP contribution in [0.15, 0.2) is 60.7 Å². The van der Waals surface area contributed by atoms with Crippen molar-refractivity contribution in [2.75, 3.05) is 7.11 Å². The molecule has 0 fully saturated rings. The number of hydrogen-bond acceptors (Lipinski definition) is 5. The number of aliphatic hydroxyl groups excluding tert-OH is 1. The number of esters is 1. The molecule has 4 aromatic carbocycles. The van der Waals surface area contributed by atoms with E-state index in [1.807, 2.05) is 0 Å². The predicted molar refractivity (Wildman–Crippen MR) is 166 cm³/mol. The molecule has 267 valence electrons. The van der Waals surface area contributed by atoms with Crippen molar-refractivity contribution in [2.24, 2.45) is 0 Å². The minimum atomic E-state index is -4.93. The molecule has 0 spiro atoms. The Hall–Kier alpha value is -4.79. The first-order valence-corrected chi connectivity index (χ1v) is 14.2. The van der Waals surface area contributed by atoms with E-state index in [2.05, 4.69) is 14.7 Å². The van der Waals surface area contributed by atoms with E-state index in [0.717, 1.165) is 25.3 Å². The second kappa shape index (κ2) is 15.4. The molecular weight excluding hydrogens is 708 g/mol. The topological polar surface area (TPSA) is 82.2 Å². The van der Waals surface area contributed by atoms with Gasteiger partial charge >= 0.3 is 37.2 Å². The molecule has 19 heteroatoms. The third-order valence-corrected chi connectivity index (χ3v) is 7.71. The van der Waals surface area contributed by atoms with Gasteiger partial charge in [-0.05, 0) is 73.0 Å². The van der Waals surface area contributed by atoms with Crippen LogP contribution in [0.1, 0.15) is 40.1 Å². The summed E-state index contributed by atoms with van der Waals surface area (Å²) in [4.78, 5) is 18.7. The summed E-state index contributed by atoms with van der Waals surface area (Å²) in [6.07, 6.45) is -9.81. The van der Waals surface area contributed by atoms with Crippen LogP contribution < -0.4 is 18.9 Å². The molecule has 0 unspecified atom stereocenters. The van der Waals surface area contributed by atoms with Crippen LogP contribution in [0.2, 0.25) is 0 Å². The summed E-state index contributed by atoms with van der Waals surface area (Å²) in [5, 5.41) is 9.30. The fraction of sp³-hybridized carbons (Fsp3) is 0.182. The zero-order valence-electron chi connectivity index (χ0n) is 28.4. The molecule has 3 radical (unpaired) electrons. The largest absolute Gasteiger partial charge is 1.00 e. The Morgan fingerprint density at radius 1 is 0.731 bits per heavy atom. The quantitative estimate of drug-likeness (QED) is 0.152. The number of halogens is 10. The summed E-state index contributed by atoms with van der Waals surface area (Å²) < 4.78 is 142. The SMILES string of the molecule is COC(=O)c1cccc(-n2c(C(F)(F)F)nc3ccc(F)c(F)c32)c1C.Cc1c(CO)cccc1-n1c(C(F)(F)F)nc2ccc(F)c(F)c21.[B].[H-].[Li+]. The number of alkyl halides is 6. The second-order valence-corrected chi connectivity index (χ2v) is 10.7. The molecule has 1 N–H and O–H groups in total. The molecule has 6 rings (SSSR count). The van der Waals surface area contributed by atoms with Gasteiger partial charge in [0.25, 0.3) is 0 Å². The van der Waals surface area contributed by atoms with Gasteiger partial charge in [0.1, 0.15) is 11.0 Å². The normalized spacial score (nSPS) is 11.5. The van der Waals surface area contributed by atoms with Crippen molar-refractivity contribution in [2.45, 2.75) is 32.8 Å². The van der Waals surface area contributed by atoms with Crippen LogP contribution in [0, 0.1) is 37.1 Å². The molecular formula is C33H23BF10LiN4O3. The number of methoxy groups -OCH3 is 1. The molecule has 6 aromatic rings. The molecule has 0 aliphatic rings. The number of fused-ring (bicyclic) bond motifs is 2. The number of benzene rings is 4. The van der Waals surface area contributed by atoms with Crippen molar-refractivity contribution < 1.29 is 78.8 Å². The van der Waals surface area contributed by atoms with Crippen LogP contribution in [0.5, 0.6) is 0 Å². The van der Waals surface area contributed by atoms with Crippen LogP contribution in [0.3, 0.4) is 0 Å². The van der Waals surface area contributed by atoms with E-state index in [9.17, 15) is 53.8 Å². The number of carbonyl (C=O) groups excluding carboxylic acids is 1. The molecule has 0 bridgehead atoms. The number of rotatable bonds is 4. The van der Waals surface area contributed by atoms with E-state index in [-0.39, 0.29) is 62.2 Å². The first-order valence-electron chi connectivity index (χ1n) is 14.2. The molecule has 0 amide bonds. The number of imidazole rings is 2. The fourth-order valence-corrected chi connectivity index (χ4v) is 5.33. The molecule has 0 aliphatic heterocycles. The Labute approximate surface area is 303 Å². The summed E-state index contributed by atoms with van der Waals surface area (Å²) in [5.74, 6) is -9.02. The van der Waals surface area contributed by atoms with E-state index in [4.69, 9.17) is 0 Å². The average Bonchev–Trinajstić information content (AvgIpc) is 3.65. The third-order valence-electron chi connectivity index (χ3n) is 7.71. The smallest absolute Gasteiger partial charge is 1.00 e. The number of carbonyl (C=O) groups is 1. The molecule has 0 saturated carbocycles. The van der Waals surface area contributed by atoms with Gasteiger partial charge in [0, 0.05) is 8.41 Å². The second-order valence-electron chi connectivity index (χ2n) is 10.7. The predicted octanol–water partition coefficient (Wildman–Crippen LogP) is 5.28. The van der Waals surface area contributed by atoms with Crippen molar-refractivity contribution in [1.82, 2.24) is 19.1 Å². The van der Waals surface area contributed by atoms with Crippen LogP contribution in [-0.2, 0) is 23.7 Å². The number of aliphatic hydroxyl groups is 1. The van der Waals surface area contributed by atoms with E-state index in [0.29, 0.717) is 26.3 Å². The maximum atomic E-state index is 14.3. The van der Waals surface area contributed by atoms with Gasteiger partial charge < -0.3 is 11.3 Å². The molecule has 2 heterocycles. The van der Waals surface area contributed by atoms with Crippen molar-refractivity contribution in [3.05, 3.63) is 118 Å². The molecule has 52 heavy (non-hydrogen) atoms. The van der Waals surface area contributed by atoms with Crippen molar-refractivity contribution >= 4 is 36.4 Å². The molecule has 7 nitrogen and oxygen atoms in total. The van der Waals surface area contributed by atoms with Crippen LogP contribution in [-0.4, -0.2) is 45.7 Å². The van der Waals surface area contributed by atoms with E-state index < -0.39 is 70.9 Å². The fourth-order valence-electron chi connectivity index (χ4n) is 5.33. The maximum absolute atomic E-state index is 14.3. The van der Waals surface area contributed by atoms with Gasteiger partial charge in [-0.15, -0.1) is 0 Å². The monoisotopic (exact) mass is 731 g/mol. The van der Waals surface area contributed by atoms with Crippen LogP contribution in [0.25, 0.3) is 33.4 Å². The summed E-state index contributed by atoms with van der Waals surface area (Å²) in [5.41, 5.74) is -1.33. The first kappa shape index (κ1) is 41.6. The average molecular weight is 731 g/mol. The Balaban J connectivity index is 0.000000348. The van der Waals surface area contributed by atoms with Gasteiger partial charge in [-0.2, -0.15) is 26.3 Å². The summed E-state index contributed by atoms with van der Waals surface area (Å²) in [7, 11) is 1.12. The van der Waals surface area contributed by atoms with Crippen molar-refractivity contribution in [3.63, 3.8) is 0 Å². The van der Waals surface area contributed by atoms with Crippen molar-refractivity contribution in [1.29, 1.82) is 0 Å². The zero-order chi connectivity index (χ0) is 36.9. The van der Waals surface area contributed by atoms with Gasteiger partial charge in [-0.25, -0.2) is 32.3 Å². The molecule has 2 aromatic heterocycles. The standard InChI is InChI=1S/C17H11F5N2O2.C16H11F5N2O.B.Li.H/c1-8-9(15(25)26-2)4-3-5-12(8)24-14-11(7-6-10(18)13(14)19)23-16(24)17(20,21)22;1-8-9(7-24)3-2-4-12(8)23-14-11(6-5-10(17)13(14)18)22-15(23)16(19,20)21;;;/h3-7H,1-2H3;2-6,24H,7H2,1H3;;;/q;;;+1;-1. The van der Waals surface area contributed by atoms with Gasteiger partial charge in [0.2, 0.25) is 11.6 Å². The van der Waals surface area contributed by atoms with Gasteiger partial charge in [-0.1, -0.05) is 18.2 Å². The number of aromatic nitrogens is 4. The molecule has 0 atom stereocenters. The zero-order valence-corrected chi connectivity index (χ0v) is 27.4. The summed E-state index contributed by atoms with van der Waals surface area (Å²) in [6, 6.07) is 11.6. The van der Waals surface area contributed by atoms with Crippen LogP contribution in [0.4, 0.5) is 43.9 Å². The number of nitrogens with zero attached hydrogens (tertiary/aromatic N) is 4.